The van der Waals surface area contributed by atoms with E-state index in [0.29, 0.717) is 52.3 Å². The van der Waals surface area contributed by atoms with Crippen molar-refractivity contribution in [1.29, 1.82) is 0 Å². The second kappa shape index (κ2) is 49.1. The fourth-order valence-corrected chi connectivity index (χ4v) is 17.2. The maximum absolute atomic E-state index is 15.7. The third kappa shape index (κ3) is 29.2. The number of H-pyrrole nitrogens is 1. The summed E-state index contributed by atoms with van der Waals surface area (Å²) < 4.78 is 59.7. The van der Waals surface area contributed by atoms with Crippen LogP contribution in [0.5, 0.6) is 5.75 Å². The molecule has 16 amide bonds. The average Bonchev–Trinajstić information content (AvgIpc) is 1.76. The fraction of sp³-hybridized carbons (Fsp3) is 0.457. The van der Waals surface area contributed by atoms with E-state index in [2.05, 4.69) is 52.8 Å². The van der Waals surface area contributed by atoms with Gasteiger partial charge in [0, 0.05) is 95.6 Å². The maximum Gasteiger partial charge on any atom is 0.305 e. The molecule has 1 unspecified atom stereocenters. The van der Waals surface area contributed by atoms with E-state index < -0.39 is 283 Å². The second-order valence-electron chi connectivity index (χ2n) is 33.9. The number of aromatic nitrogens is 1. The minimum absolute atomic E-state index is 0.0973. The number of likely N-dealkylation sites (N-methyl/N-ethyl adjacent to an activating group) is 3. The van der Waals surface area contributed by atoms with E-state index in [1.807, 2.05) is 0 Å². The highest BCUT2D eigenvalue weighted by atomic mass is 32.2. The summed E-state index contributed by atoms with van der Waals surface area (Å²) in [7, 11) is 3.50. The number of thioether (sulfide) groups is 1. The molecule has 4 heterocycles. The van der Waals surface area contributed by atoms with Crippen LogP contribution in [-0.2, 0) is 118 Å². The van der Waals surface area contributed by atoms with Crippen LogP contribution in [0.3, 0.4) is 0 Å². The van der Waals surface area contributed by atoms with Gasteiger partial charge in [-0.3, -0.25) is 86.3 Å². The van der Waals surface area contributed by atoms with E-state index in [4.69, 9.17) is 11.5 Å². The first kappa shape index (κ1) is 105. The van der Waals surface area contributed by atoms with Crippen LogP contribution in [0, 0.1) is 29.2 Å². The van der Waals surface area contributed by atoms with Crippen LogP contribution in [0.4, 0.5) is 17.6 Å². The van der Waals surface area contributed by atoms with Gasteiger partial charge in [0.2, 0.25) is 94.5 Å². The van der Waals surface area contributed by atoms with Crippen LogP contribution >= 0.6 is 11.8 Å². The molecule has 9 rings (SSSR count). The number of para-hydroxylation sites is 1. The molecule has 6 aromatic rings. The zero-order chi connectivity index (χ0) is 98.8. The largest absolute Gasteiger partial charge is 0.508 e. The number of nitrogens with zero attached hydrogens (tertiary/aromatic N) is 5. The summed E-state index contributed by atoms with van der Waals surface area (Å²) in [5, 5.41) is 53.9. The molecule has 135 heavy (non-hydrogen) atoms. The summed E-state index contributed by atoms with van der Waals surface area (Å²) in [4.78, 5) is 271. The Morgan fingerprint density at radius 1 is 0.496 bits per heavy atom. The SMILES string of the molecule is CCCC[C@H]1C(=O)N2CCC[C@@H]2C(=O)N[C@@H](CC(=O)O)C(=O)N[C@@H](C(C)C)C(=O)N(C)[C@@H](Cc2ccccc2)C(=O)N[C@@H](CCC(=O)O)C(=O)N2CCCC[C@@H]2C(=O)N[C@@H](Cc2c[nH]c3ccccc23)C(=O)N[C@@H](Cc2ccc(O)cc2)C(=O)N[C@@H](CC(N)=O)C(=O)N[C@H](C(=O)NCC(N)=O)CSCC(=O)N[C@@H](Cc2cc(F)c(F)c(F)c2)C(=O)N(C)C(Cc2ccc(F)cc2)C(=O)N1C. The number of fused-ring (bicyclic) bond motifs is 3. The van der Waals surface area contributed by atoms with Crippen molar-refractivity contribution < 1.29 is 119 Å². The predicted molar refractivity (Wildman–Crippen MR) is 480 cm³/mol. The summed E-state index contributed by atoms with van der Waals surface area (Å²) in [6.07, 6.45) is -3.56. The smallest absolute Gasteiger partial charge is 0.305 e. The summed E-state index contributed by atoms with van der Waals surface area (Å²) in [5.41, 5.74) is 12.5. The summed E-state index contributed by atoms with van der Waals surface area (Å²) in [6.45, 7) is 3.54. The van der Waals surface area contributed by atoms with Crippen molar-refractivity contribution in [3.63, 3.8) is 0 Å². The highest BCUT2D eigenvalue weighted by Gasteiger charge is 2.46. The number of hydrogen-bond acceptors (Lipinski definition) is 20. The van der Waals surface area contributed by atoms with E-state index in [1.165, 1.54) is 64.3 Å². The van der Waals surface area contributed by atoms with Crippen molar-refractivity contribution in [2.24, 2.45) is 17.4 Å². The van der Waals surface area contributed by atoms with Gasteiger partial charge in [-0.2, -0.15) is 0 Å². The predicted octanol–water partition coefficient (Wildman–Crippen LogP) is 1.08. The molecule has 726 valence electrons. The highest BCUT2D eigenvalue weighted by Crippen LogP contribution is 2.29. The number of halogens is 4. The Bertz CT molecular complexity index is 5330. The first-order valence-corrected chi connectivity index (χ1v) is 45.2. The number of carboxylic acid groups (broad SMARTS) is 2. The van der Waals surface area contributed by atoms with Crippen LogP contribution in [0.15, 0.2) is 121 Å². The molecule has 0 radical (unpaired) electrons. The molecule has 5 aromatic carbocycles. The molecule has 3 saturated heterocycles. The van der Waals surface area contributed by atoms with Gasteiger partial charge >= 0.3 is 11.9 Å². The molecule has 0 saturated carbocycles. The number of nitrogens with one attached hydrogen (secondary N) is 10. The molecule has 3 fully saturated rings. The lowest BCUT2D eigenvalue weighted by Gasteiger charge is -2.38. The minimum atomic E-state index is -2.07. The van der Waals surface area contributed by atoms with Gasteiger partial charge in [0.05, 0.1) is 25.1 Å². The van der Waals surface area contributed by atoms with Crippen LogP contribution in [0.25, 0.3) is 10.9 Å². The van der Waals surface area contributed by atoms with E-state index in [1.54, 1.807) is 67.7 Å². The zero-order valence-electron chi connectivity index (χ0n) is 75.2. The normalized spacial score (nSPS) is 23.4. The Hall–Kier alpha value is -14.0. The number of benzene rings is 5. The van der Waals surface area contributed by atoms with Crippen LogP contribution in [0.1, 0.15) is 126 Å². The zero-order valence-corrected chi connectivity index (χ0v) is 76.0. The van der Waals surface area contributed by atoms with Gasteiger partial charge in [0.15, 0.2) is 17.5 Å². The number of phenolic OH excluding ortho intramolecular Hbond substituents is 1. The maximum atomic E-state index is 15.7. The number of carbonyl (C=O) groups is 18. The molecule has 3 aliphatic rings. The Kier molecular flexibility index (Phi) is 38.1. The molecule has 0 aliphatic carbocycles. The number of carboxylic acids is 2. The number of aromatic hydroxyl groups is 1. The van der Waals surface area contributed by atoms with Crippen molar-refractivity contribution >= 4 is 129 Å². The molecule has 3 aliphatic heterocycles. The van der Waals surface area contributed by atoms with E-state index >= 15 is 51.9 Å². The Balaban J connectivity index is 1.14. The van der Waals surface area contributed by atoms with Crippen molar-refractivity contribution in [2.45, 2.75) is 208 Å². The van der Waals surface area contributed by atoms with Gasteiger partial charge in [-0.25, -0.2) is 17.6 Å². The lowest BCUT2D eigenvalue weighted by Crippen LogP contribution is -2.63. The number of aliphatic carboxylic acids is 2. The number of aromatic amines is 1. The lowest BCUT2D eigenvalue weighted by molar-refractivity contribution is -0.152. The van der Waals surface area contributed by atoms with Gasteiger partial charge in [-0.15, -0.1) is 11.8 Å². The van der Waals surface area contributed by atoms with Crippen molar-refractivity contribution in [2.75, 3.05) is 52.3 Å². The van der Waals surface area contributed by atoms with Crippen molar-refractivity contribution in [3.05, 3.63) is 173 Å². The quantitative estimate of drug-likeness (QED) is 0.0298. The van der Waals surface area contributed by atoms with Gasteiger partial charge < -0.3 is 104 Å². The molecular formula is C92H113F4N17O21S. The number of nitrogens with two attached hydrogens (primary N) is 2. The van der Waals surface area contributed by atoms with Crippen LogP contribution in [0.2, 0.25) is 0 Å². The number of rotatable bonds is 24. The molecule has 13 atom stereocenters. The van der Waals surface area contributed by atoms with E-state index in [-0.39, 0.29) is 87.8 Å². The number of hydrogen-bond donors (Lipinski definition) is 15. The number of amides is 16. The average molecular weight is 1900 g/mol. The second-order valence-corrected chi connectivity index (χ2v) is 34.9. The first-order valence-electron chi connectivity index (χ1n) is 44.0. The van der Waals surface area contributed by atoms with Crippen molar-refractivity contribution in [1.82, 2.24) is 77.3 Å². The molecule has 43 heteroatoms. The Morgan fingerprint density at radius 3 is 1.65 bits per heavy atom. The minimum Gasteiger partial charge on any atom is -0.508 e. The van der Waals surface area contributed by atoms with Crippen LogP contribution < -0.4 is 59.3 Å². The Morgan fingerprint density at radius 2 is 1.02 bits per heavy atom. The van der Waals surface area contributed by atoms with Gasteiger partial charge in [0.25, 0.3) is 0 Å². The third-order valence-electron chi connectivity index (χ3n) is 23.7. The lowest BCUT2D eigenvalue weighted by atomic mass is 9.97. The monoisotopic (exact) mass is 1900 g/mol. The van der Waals surface area contributed by atoms with Crippen LogP contribution in [-0.4, -0.2) is 282 Å². The number of primary amides is 2. The Labute approximate surface area is 778 Å². The number of piperidine rings is 1. The molecule has 1 aromatic heterocycles. The van der Waals surface area contributed by atoms with Gasteiger partial charge in [-0.1, -0.05) is 106 Å². The summed E-state index contributed by atoms with van der Waals surface area (Å²) >= 11 is 0.547. The molecular weight excluding hydrogens is 1790 g/mol. The van der Waals surface area contributed by atoms with E-state index in [9.17, 15) is 67.3 Å². The summed E-state index contributed by atoms with van der Waals surface area (Å²) in [6, 6.07) is 3.03. The molecule has 17 N–H and O–H groups in total. The van der Waals surface area contributed by atoms with Gasteiger partial charge in [-0.05, 0) is 121 Å². The molecule has 38 nitrogen and oxygen atoms in total. The first-order chi connectivity index (χ1) is 64.1. The number of carbonyl (C=O) groups excluding carboxylic acids is 16. The van der Waals surface area contributed by atoms with Crippen molar-refractivity contribution in [3.8, 4) is 5.75 Å². The molecule has 0 spiro atoms. The standard InChI is InChI=1S/C92H113F4N17O21S/c1-7-8-21-70-91(133)113-35-16-23-69(113)86(128)106-65(44-77(120)121)84(126)108-79(49(2)3)92(134)110(5)71(40-50-17-10-9-11-18-50)87(129)102-61(32-33-76(118)119)89(131)112-34-15-14-22-68(112)85(127)105-63(42-54-45-99-60-20-13-12-19-57(54)60)82(124)103-62(38-51-26-30-56(114)31-27-51)81(123)104-64(43-73(97)115)83(125)107-67(80(122)100-46-74(98)116)47-135-48-75(117)101-66(39-53-36-58(94)78(96)59(95)37-53)88(130)111(6)72(90(132)109(70)4)41-52-24-28-55(93)29-25-52/h9-13,17-20,24-31,36-37,45,49,61-72,79,99,114H,7-8,14-16,21-23,32-35,38-44,46-48H2,1-6H3,(H2,97,115)(H2,98,116)(H,100,122)(H,101,117)(H,102,129)(H,103,124)(H,104,123)(H,105,127)(H,106,128)(H,107,125)(H,108,126)(H,118,119)(H,120,121)/t61-,62-,63-,64-,65-,66-,67-,68+,69+,70-,71-,72?,79-/m0/s1. The summed E-state index contributed by atoms with van der Waals surface area (Å²) in [5.74, 6) is -29.4. The molecule has 0 bridgehead atoms. The van der Waals surface area contributed by atoms with Gasteiger partial charge in [0.1, 0.15) is 90.1 Å². The third-order valence-corrected chi connectivity index (χ3v) is 24.7. The van der Waals surface area contributed by atoms with E-state index in [0.717, 1.165) is 43.7 Å². The topological polar surface area (TPSA) is 560 Å². The highest BCUT2D eigenvalue weighted by molar-refractivity contribution is 8.00. The number of unbranched alkanes of at least 4 members (excludes halogenated alkanes) is 1. The number of phenols is 1. The fourth-order valence-electron chi connectivity index (χ4n) is 16.3.